The Kier molecular flexibility index (Phi) is 3.78. The van der Waals surface area contributed by atoms with E-state index in [0.717, 1.165) is 13.4 Å². The third kappa shape index (κ3) is 2.08. The van der Waals surface area contributed by atoms with E-state index >= 15 is 0 Å². The number of methoxy groups -OCH3 is 1. The molecule has 0 amide bonds. The van der Waals surface area contributed by atoms with Gasteiger partial charge in [0.1, 0.15) is 28.0 Å². The first-order valence-corrected chi connectivity index (χ1v) is 6.96. The molecule has 0 radical (unpaired) electrons. The lowest BCUT2D eigenvalue weighted by Gasteiger charge is -2.31. The molecule has 0 saturated carbocycles. The number of ether oxygens (including phenoxy) is 2. The van der Waals surface area contributed by atoms with Crippen molar-refractivity contribution in [2.24, 2.45) is 0 Å². The van der Waals surface area contributed by atoms with Gasteiger partial charge in [-0.15, -0.1) is 0 Å². The molecule has 0 fully saturated rings. The molecule has 24 heavy (non-hydrogen) atoms. The maximum Gasteiger partial charge on any atom is 0.357 e. The molecule has 2 aromatic rings. The molecule has 0 spiro atoms. The SMILES string of the molecule is COC(=O)[C@@]1(CO)OC=Cc2oc3cc(CO)cc(O)c3c(=O)c21. The average Bonchev–Trinajstić information content (AvgIpc) is 2.59. The van der Waals surface area contributed by atoms with Crippen LogP contribution in [0.2, 0.25) is 0 Å². The van der Waals surface area contributed by atoms with Gasteiger partial charge in [0, 0.05) is 6.08 Å². The molecule has 1 aliphatic heterocycles. The van der Waals surface area contributed by atoms with E-state index in [2.05, 4.69) is 4.74 Å². The Morgan fingerprint density at radius 3 is 2.71 bits per heavy atom. The van der Waals surface area contributed by atoms with E-state index in [1.54, 1.807) is 0 Å². The van der Waals surface area contributed by atoms with Crippen molar-refractivity contribution in [3.8, 4) is 5.75 Å². The van der Waals surface area contributed by atoms with E-state index in [9.17, 15) is 24.9 Å². The van der Waals surface area contributed by atoms with Gasteiger partial charge in [-0.1, -0.05) is 0 Å². The first kappa shape index (κ1) is 16.0. The van der Waals surface area contributed by atoms with E-state index in [0.29, 0.717) is 5.56 Å². The number of phenolic OH excluding ortho intramolecular Hbond substituents is 1. The highest BCUT2D eigenvalue weighted by Gasteiger charge is 2.49. The number of benzene rings is 1. The topological polar surface area (TPSA) is 126 Å². The minimum absolute atomic E-state index is 0.00677. The molecule has 8 nitrogen and oxygen atoms in total. The molecule has 0 aliphatic carbocycles. The smallest absolute Gasteiger partial charge is 0.357 e. The average molecular weight is 334 g/mol. The highest BCUT2D eigenvalue weighted by molar-refractivity contribution is 5.89. The lowest BCUT2D eigenvalue weighted by molar-refractivity contribution is -0.169. The molecule has 8 heteroatoms. The third-order valence-corrected chi connectivity index (χ3v) is 3.87. The fourth-order valence-corrected chi connectivity index (χ4v) is 2.73. The number of carbonyl (C=O) groups is 1. The predicted octanol–water partition coefficient (Wildman–Crippen LogP) is 0.352. The Balaban J connectivity index is 2.42. The van der Waals surface area contributed by atoms with Gasteiger partial charge in [-0.25, -0.2) is 4.79 Å². The van der Waals surface area contributed by atoms with Gasteiger partial charge in [0.25, 0.3) is 5.60 Å². The van der Waals surface area contributed by atoms with E-state index in [4.69, 9.17) is 9.15 Å². The first-order valence-electron chi connectivity index (χ1n) is 6.96. The predicted molar refractivity (Wildman–Crippen MR) is 81.0 cm³/mol. The molecule has 0 bridgehead atoms. The van der Waals surface area contributed by atoms with Gasteiger partial charge in [-0.3, -0.25) is 4.79 Å². The summed E-state index contributed by atoms with van der Waals surface area (Å²) in [5.74, 6) is -1.40. The zero-order chi connectivity index (χ0) is 17.5. The summed E-state index contributed by atoms with van der Waals surface area (Å²) in [4.78, 5) is 25.0. The van der Waals surface area contributed by atoms with Crippen LogP contribution in [0.3, 0.4) is 0 Å². The largest absolute Gasteiger partial charge is 0.507 e. The molecule has 126 valence electrons. The fourth-order valence-electron chi connectivity index (χ4n) is 2.73. The number of carbonyl (C=O) groups excluding carboxylic acids is 1. The van der Waals surface area contributed by atoms with Gasteiger partial charge in [-0.2, -0.15) is 0 Å². The number of phenols is 1. The third-order valence-electron chi connectivity index (χ3n) is 3.87. The lowest BCUT2D eigenvalue weighted by Crippen LogP contribution is -2.47. The Morgan fingerprint density at radius 2 is 2.08 bits per heavy atom. The van der Waals surface area contributed by atoms with Crippen molar-refractivity contribution in [3.05, 3.63) is 45.5 Å². The maximum atomic E-state index is 12.9. The van der Waals surface area contributed by atoms with Crippen LogP contribution >= 0.6 is 0 Å². The molecule has 1 atom stereocenters. The zero-order valence-electron chi connectivity index (χ0n) is 12.6. The van der Waals surface area contributed by atoms with Crippen LogP contribution in [0.5, 0.6) is 5.75 Å². The Hall–Kier alpha value is -2.84. The molecule has 2 heterocycles. The molecule has 3 N–H and O–H groups in total. The highest BCUT2D eigenvalue weighted by atomic mass is 16.6. The summed E-state index contributed by atoms with van der Waals surface area (Å²) in [6, 6.07) is 2.61. The molecular formula is C16H14O8. The zero-order valence-corrected chi connectivity index (χ0v) is 12.6. The van der Waals surface area contributed by atoms with Crippen molar-refractivity contribution in [2.75, 3.05) is 13.7 Å². The fraction of sp³-hybridized carbons (Fsp3) is 0.250. The van der Waals surface area contributed by atoms with E-state index in [1.807, 2.05) is 0 Å². The van der Waals surface area contributed by atoms with Gasteiger partial charge < -0.3 is 29.2 Å². The van der Waals surface area contributed by atoms with Gasteiger partial charge >= 0.3 is 5.97 Å². The van der Waals surface area contributed by atoms with E-state index in [-0.39, 0.29) is 28.9 Å². The van der Waals surface area contributed by atoms with Crippen LogP contribution in [-0.4, -0.2) is 35.0 Å². The van der Waals surface area contributed by atoms with Gasteiger partial charge in [0.2, 0.25) is 5.43 Å². The molecule has 1 aromatic heterocycles. The lowest BCUT2D eigenvalue weighted by atomic mass is 9.90. The quantitative estimate of drug-likeness (QED) is 0.687. The van der Waals surface area contributed by atoms with Gasteiger partial charge in [0.15, 0.2) is 0 Å². The van der Waals surface area contributed by atoms with Crippen molar-refractivity contribution in [3.63, 3.8) is 0 Å². The number of fused-ring (bicyclic) bond motifs is 2. The number of hydrogen-bond donors (Lipinski definition) is 3. The Morgan fingerprint density at radius 1 is 1.33 bits per heavy atom. The first-order chi connectivity index (χ1) is 11.5. The van der Waals surface area contributed by atoms with Crippen LogP contribution in [0, 0.1) is 0 Å². The summed E-state index contributed by atoms with van der Waals surface area (Å²) in [6.07, 6.45) is 2.43. The number of hydrogen-bond acceptors (Lipinski definition) is 8. The summed E-state index contributed by atoms with van der Waals surface area (Å²) < 4.78 is 15.4. The number of aliphatic hydroxyl groups is 2. The summed E-state index contributed by atoms with van der Waals surface area (Å²) >= 11 is 0. The number of esters is 1. The van der Waals surface area contributed by atoms with Crippen LogP contribution in [0.1, 0.15) is 16.9 Å². The Labute approximate surface area is 135 Å². The van der Waals surface area contributed by atoms with Crippen molar-refractivity contribution in [1.29, 1.82) is 0 Å². The second-order valence-electron chi connectivity index (χ2n) is 5.21. The normalized spacial score (nSPS) is 19.0. The molecule has 1 aliphatic rings. The monoisotopic (exact) mass is 334 g/mol. The maximum absolute atomic E-state index is 12.9. The van der Waals surface area contributed by atoms with Crippen molar-refractivity contribution in [2.45, 2.75) is 12.2 Å². The summed E-state index contributed by atoms with van der Waals surface area (Å²) in [7, 11) is 1.09. The van der Waals surface area contributed by atoms with Crippen LogP contribution in [0.15, 0.2) is 27.6 Å². The van der Waals surface area contributed by atoms with Crippen molar-refractivity contribution in [1.82, 2.24) is 0 Å². The van der Waals surface area contributed by atoms with Crippen LogP contribution in [0.25, 0.3) is 17.0 Å². The Bertz CT molecular complexity index is 910. The van der Waals surface area contributed by atoms with Crippen molar-refractivity contribution < 1.29 is 34.0 Å². The molecule has 3 rings (SSSR count). The van der Waals surface area contributed by atoms with Gasteiger partial charge in [-0.05, 0) is 17.7 Å². The minimum atomic E-state index is -2.07. The molecule has 0 saturated heterocycles. The van der Waals surface area contributed by atoms with E-state index in [1.165, 1.54) is 18.2 Å². The summed E-state index contributed by atoms with van der Waals surface area (Å²) in [6.45, 7) is -1.21. The molecular weight excluding hydrogens is 320 g/mol. The molecule has 0 unspecified atom stereocenters. The summed E-state index contributed by atoms with van der Waals surface area (Å²) in [5.41, 5.74) is -2.70. The summed E-state index contributed by atoms with van der Waals surface area (Å²) in [5, 5.41) is 28.8. The standard InChI is InChI=1S/C16H14O8/c1-22-15(21)16(7-18)13-10(2-3-23-16)24-11-5-8(6-17)4-9(19)12(11)14(13)20/h2-5,17-19H,6-7H2,1H3/t16-/m0/s1. The van der Waals surface area contributed by atoms with Crippen molar-refractivity contribution >= 4 is 23.0 Å². The number of rotatable bonds is 3. The second kappa shape index (κ2) is 5.66. The van der Waals surface area contributed by atoms with E-state index < -0.39 is 29.4 Å². The number of aliphatic hydroxyl groups excluding tert-OH is 2. The van der Waals surface area contributed by atoms with Gasteiger partial charge in [0.05, 0.1) is 26.6 Å². The minimum Gasteiger partial charge on any atom is -0.507 e. The molecule has 1 aromatic carbocycles. The van der Waals surface area contributed by atoms with Crippen LogP contribution in [0.4, 0.5) is 0 Å². The number of aromatic hydroxyl groups is 1. The second-order valence-corrected chi connectivity index (χ2v) is 5.21. The van der Waals surface area contributed by atoms with Crippen LogP contribution in [-0.2, 0) is 26.5 Å². The highest BCUT2D eigenvalue weighted by Crippen LogP contribution is 2.36. The van der Waals surface area contributed by atoms with Crippen LogP contribution < -0.4 is 5.43 Å².